The number of thiazole rings is 1. The SMILES string of the molecule is Cc1nc(NC(=O)C(C)Sc2nnc(CNC(=O)c3ccc4c(c3)OCO4)n2C)sc1C. The summed E-state index contributed by atoms with van der Waals surface area (Å²) in [6, 6.07) is 5.02. The van der Waals surface area contributed by atoms with Crippen LogP contribution in [0.3, 0.4) is 0 Å². The molecule has 1 unspecified atom stereocenters. The van der Waals surface area contributed by atoms with Gasteiger partial charge in [0.1, 0.15) is 0 Å². The molecular weight excluding hydrogens is 452 g/mol. The second-order valence-corrected chi connectivity index (χ2v) is 9.63. The third kappa shape index (κ3) is 4.70. The first-order valence-corrected chi connectivity index (χ1v) is 11.5. The molecule has 2 N–H and O–H groups in total. The van der Waals surface area contributed by atoms with Gasteiger partial charge in [-0.05, 0) is 39.0 Å². The van der Waals surface area contributed by atoms with E-state index in [4.69, 9.17) is 9.47 Å². The summed E-state index contributed by atoms with van der Waals surface area (Å²) in [5.74, 6) is 1.31. The lowest BCUT2D eigenvalue weighted by Gasteiger charge is -2.10. The maximum atomic E-state index is 12.5. The molecule has 2 aromatic heterocycles. The molecule has 3 heterocycles. The number of thioether (sulfide) groups is 1. The van der Waals surface area contributed by atoms with E-state index in [1.165, 1.54) is 23.1 Å². The Morgan fingerprint density at radius 3 is 2.78 bits per heavy atom. The van der Waals surface area contributed by atoms with Crippen molar-refractivity contribution in [2.24, 2.45) is 7.05 Å². The minimum Gasteiger partial charge on any atom is -0.454 e. The number of aromatic nitrogens is 4. The van der Waals surface area contributed by atoms with Gasteiger partial charge in [0.05, 0.1) is 17.5 Å². The van der Waals surface area contributed by atoms with E-state index in [-0.39, 0.29) is 25.2 Å². The van der Waals surface area contributed by atoms with Crippen LogP contribution in [0.4, 0.5) is 5.13 Å². The summed E-state index contributed by atoms with van der Waals surface area (Å²) in [4.78, 5) is 30.4. The monoisotopic (exact) mass is 474 g/mol. The van der Waals surface area contributed by atoms with Crippen molar-refractivity contribution in [2.75, 3.05) is 12.1 Å². The van der Waals surface area contributed by atoms with Gasteiger partial charge in [0.2, 0.25) is 12.7 Å². The molecule has 1 atom stereocenters. The Kier molecular flexibility index (Phi) is 6.33. The molecule has 0 spiro atoms. The molecule has 0 bridgehead atoms. The normalized spacial score (nSPS) is 13.1. The van der Waals surface area contributed by atoms with E-state index in [9.17, 15) is 9.59 Å². The van der Waals surface area contributed by atoms with Crippen molar-refractivity contribution in [2.45, 2.75) is 37.7 Å². The number of aryl methyl sites for hydroxylation is 2. The molecule has 2 amide bonds. The maximum absolute atomic E-state index is 12.5. The van der Waals surface area contributed by atoms with Gasteiger partial charge in [0.15, 0.2) is 27.6 Å². The quantitative estimate of drug-likeness (QED) is 0.502. The fraction of sp³-hybridized carbons (Fsp3) is 0.350. The number of benzene rings is 1. The van der Waals surface area contributed by atoms with Crippen LogP contribution < -0.4 is 20.1 Å². The molecular formula is C20H22N6O4S2. The lowest BCUT2D eigenvalue weighted by molar-refractivity contribution is -0.115. The summed E-state index contributed by atoms with van der Waals surface area (Å²) < 4.78 is 12.3. The minimum absolute atomic E-state index is 0.152. The number of nitrogens with zero attached hydrogens (tertiary/aromatic N) is 4. The Bertz CT molecular complexity index is 1160. The van der Waals surface area contributed by atoms with Gasteiger partial charge in [0, 0.05) is 17.5 Å². The van der Waals surface area contributed by atoms with Gasteiger partial charge in [-0.1, -0.05) is 11.8 Å². The molecule has 168 valence electrons. The Labute approximate surface area is 192 Å². The minimum atomic E-state index is -0.404. The Morgan fingerprint density at radius 2 is 2.03 bits per heavy atom. The Hall–Kier alpha value is -3.12. The van der Waals surface area contributed by atoms with Crippen LogP contribution in [0.2, 0.25) is 0 Å². The van der Waals surface area contributed by atoms with Gasteiger partial charge in [-0.2, -0.15) is 0 Å². The number of hydrogen-bond donors (Lipinski definition) is 2. The van der Waals surface area contributed by atoms with Crippen molar-refractivity contribution in [3.63, 3.8) is 0 Å². The van der Waals surface area contributed by atoms with Crippen LogP contribution >= 0.6 is 23.1 Å². The van der Waals surface area contributed by atoms with Gasteiger partial charge < -0.3 is 24.7 Å². The predicted molar refractivity (Wildman–Crippen MR) is 120 cm³/mol. The molecule has 1 aromatic carbocycles. The molecule has 1 aliphatic rings. The van der Waals surface area contributed by atoms with Crippen LogP contribution in [0.1, 0.15) is 33.7 Å². The summed E-state index contributed by atoms with van der Waals surface area (Å²) in [5, 5.41) is 14.7. The smallest absolute Gasteiger partial charge is 0.251 e. The number of nitrogens with one attached hydrogen (secondary N) is 2. The van der Waals surface area contributed by atoms with Crippen LogP contribution in [0.15, 0.2) is 23.4 Å². The fourth-order valence-electron chi connectivity index (χ4n) is 2.85. The number of ether oxygens (including phenoxy) is 2. The number of carbonyl (C=O) groups is 2. The molecule has 3 aromatic rings. The van der Waals surface area contributed by atoms with Crippen molar-refractivity contribution < 1.29 is 19.1 Å². The predicted octanol–water partition coefficient (Wildman–Crippen LogP) is 2.67. The molecule has 10 nitrogen and oxygen atoms in total. The molecule has 0 aliphatic carbocycles. The van der Waals surface area contributed by atoms with Crippen molar-refractivity contribution in [3.8, 4) is 11.5 Å². The van der Waals surface area contributed by atoms with Crippen molar-refractivity contribution in [1.82, 2.24) is 25.1 Å². The van der Waals surface area contributed by atoms with Crippen molar-refractivity contribution >= 4 is 40.0 Å². The van der Waals surface area contributed by atoms with Gasteiger partial charge >= 0.3 is 0 Å². The maximum Gasteiger partial charge on any atom is 0.251 e. The van der Waals surface area contributed by atoms with Crippen molar-refractivity contribution in [1.29, 1.82) is 0 Å². The van der Waals surface area contributed by atoms with E-state index in [2.05, 4.69) is 25.8 Å². The van der Waals surface area contributed by atoms with E-state index < -0.39 is 5.25 Å². The summed E-state index contributed by atoms with van der Waals surface area (Å²) in [5.41, 5.74) is 1.37. The molecule has 0 saturated heterocycles. The zero-order valence-corrected chi connectivity index (χ0v) is 19.6. The van der Waals surface area contributed by atoms with Gasteiger partial charge in [-0.15, -0.1) is 21.5 Å². The molecule has 32 heavy (non-hydrogen) atoms. The van der Waals surface area contributed by atoms with Crippen LogP contribution in [0.5, 0.6) is 11.5 Å². The largest absolute Gasteiger partial charge is 0.454 e. The first kappa shape index (κ1) is 22.1. The second kappa shape index (κ2) is 9.17. The summed E-state index contributed by atoms with van der Waals surface area (Å²) in [6.07, 6.45) is 0. The number of hydrogen-bond acceptors (Lipinski definition) is 9. The van der Waals surface area contributed by atoms with Crippen LogP contribution in [0.25, 0.3) is 0 Å². The molecule has 12 heteroatoms. The number of fused-ring (bicyclic) bond motifs is 1. The summed E-state index contributed by atoms with van der Waals surface area (Å²) in [7, 11) is 1.79. The number of amides is 2. The second-order valence-electron chi connectivity index (χ2n) is 7.12. The molecule has 0 fully saturated rings. The van der Waals surface area contributed by atoms with Crippen LogP contribution in [0, 0.1) is 13.8 Å². The Morgan fingerprint density at radius 1 is 1.25 bits per heavy atom. The van der Waals surface area contributed by atoms with Crippen LogP contribution in [-0.2, 0) is 18.4 Å². The lowest BCUT2D eigenvalue weighted by Crippen LogP contribution is -2.24. The highest BCUT2D eigenvalue weighted by Gasteiger charge is 2.21. The van der Waals surface area contributed by atoms with E-state index in [1.54, 1.807) is 36.7 Å². The van der Waals surface area contributed by atoms with Gasteiger partial charge in [-0.3, -0.25) is 9.59 Å². The van der Waals surface area contributed by atoms with Crippen molar-refractivity contribution in [3.05, 3.63) is 40.2 Å². The third-order valence-electron chi connectivity index (χ3n) is 4.88. The first-order valence-electron chi connectivity index (χ1n) is 9.79. The number of rotatable bonds is 7. The zero-order valence-electron chi connectivity index (χ0n) is 18.0. The number of anilines is 1. The lowest BCUT2D eigenvalue weighted by atomic mass is 10.2. The van der Waals surface area contributed by atoms with Crippen LogP contribution in [-0.4, -0.2) is 43.6 Å². The first-order chi connectivity index (χ1) is 15.3. The highest BCUT2D eigenvalue weighted by Crippen LogP contribution is 2.32. The summed E-state index contributed by atoms with van der Waals surface area (Å²) in [6.45, 7) is 6.01. The van der Waals surface area contributed by atoms with E-state index >= 15 is 0 Å². The third-order valence-corrected chi connectivity index (χ3v) is 7.00. The van der Waals surface area contributed by atoms with Gasteiger partial charge in [0.25, 0.3) is 5.91 Å². The molecule has 0 saturated carbocycles. The summed E-state index contributed by atoms with van der Waals surface area (Å²) >= 11 is 2.73. The molecule has 0 radical (unpaired) electrons. The fourth-order valence-corrected chi connectivity index (χ4v) is 4.50. The highest BCUT2D eigenvalue weighted by molar-refractivity contribution is 8.00. The van der Waals surface area contributed by atoms with E-state index in [1.807, 2.05) is 13.8 Å². The average Bonchev–Trinajstić information content (AvgIpc) is 3.46. The average molecular weight is 475 g/mol. The number of carbonyl (C=O) groups excluding carboxylic acids is 2. The Balaban J connectivity index is 1.33. The van der Waals surface area contributed by atoms with Gasteiger partial charge in [-0.25, -0.2) is 4.98 Å². The van der Waals surface area contributed by atoms with E-state index in [0.717, 1.165) is 10.6 Å². The molecule has 4 rings (SSSR count). The highest BCUT2D eigenvalue weighted by atomic mass is 32.2. The zero-order chi connectivity index (χ0) is 22.8. The molecule has 1 aliphatic heterocycles. The standard InChI is InChI=1S/C20H22N6O4S2/c1-10-11(2)31-19(22-10)23-17(27)12(3)32-20-25-24-16(26(20)4)8-21-18(28)13-5-6-14-15(7-13)30-9-29-14/h5-7,12H,8-9H2,1-4H3,(H,21,28)(H,22,23,27). The topological polar surface area (TPSA) is 120 Å². The van der Waals surface area contributed by atoms with E-state index in [0.29, 0.717) is 33.2 Å².